The van der Waals surface area contributed by atoms with Crippen molar-refractivity contribution in [3.8, 4) is 0 Å². The van der Waals surface area contributed by atoms with Crippen molar-refractivity contribution in [1.82, 2.24) is 20.4 Å². The van der Waals surface area contributed by atoms with Gasteiger partial charge in [0.15, 0.2) is 0 Å². The van der Waals surface area contributed by atoms with Crippen LogP contribution < -0.4 is 10.6 Å². The largest absolute Gasteiger partial charge is 0.390 e. The highest BCUT2D eigenvalue weighted by atomic mass is 35.5. The van der Waals surface area contributed by atoms with Gasteiger partial charge in [0.2, 0.25) is 11.8 Å². The second-order valence-corrected chi connectivity index (χ2v) is 12.5. The van der Waals surface area contributed by atoms with E-state index in [4.69, 9.17) is 0 Å². The number of rotatable bonds is 10. The van der Waals surface area contributed by atoms with Crippen LogP contribution >= 0.6 is 12.4 Å². The molecule has 1 saturated carbocycles. The number of piperazine rings is 1. The first kappa shape index (κ1) is 33.9. The molecule has 2 aliphatic heterocycles. The van der Waals surface area contributed by atoms with E-state index in [2.05, 4.69) is 22.5 Å². The number of hydrogen-bond acceptors (Lipinski definition) is 5. The minimum atomic E-state index is -0.877. The van der Waals surface area contributed by atoms with Crippen molar-refractivity contribution in [2.45, 2.75) is 95.5 Å². The van der Waals surface area contributed by atoms with Crippen LogP contribution in [0.3, 0.4) is 0 Å². The monoisotopic (exact) mass is 628 g/mol. The van der Waals surface area contributed by atoms with Crippen molar-refractivity contribution < 1.29 is 23.9 Å². The fraction of sp³-hybridized carbons (Fsp3) is 0.559. The first-order valence-electron chi connectivity index (χ1n) is 15.9. The molecule has 5 rings (SSSR count). The van der Waals surface area contributed by atoms with E-state index in [9.17, 15) is 23.9 Å². The van der Waals surface area contributed by atoms with Crippen LogP contribution in [-0.4, -0.2) is 69.9 Å². The van der Waals surface area contributed by atoms with Crippen LogP contribution in [0.25, 0.3) is 0 Å². The van der Waals surface area contributed by atoms with Gasteiger partial charge >= 0.3 is 0 Å². The third-order valence-electron chi connectivity index (χ3n) is 9.64. The maximum absolute atomic E-state index is 13.8. The molecule has 44 heavy (non-hydrogen) atoms. The molecule has 3 aliphatic rings. The minimum Gasteiger partial charge on any atom is -0.390 e. The van der Waals surface area contributed by atoms with Crippen LogP contribution in [0.15, 0.2) is 48.5 Å². The van der Waals surface area contributed by atoms with Gasteiger partial charge < -0.3 is 20.6 Å². The smallest absolute Gasteiger partial charge is 0.251 e. The Morgan fingerprint density at radius 1 is 1.02 bits per heavy atom. The zero-order valence-corrected chi connectivity index (χ0v) is 26.4. The summed E-state index contributed by atoms with van der Waals surface area (Å²) in [5.74, 6) is -0.703. The first-order chi connectivity index (χ1) is 20.8. The molecule has 3 N–H and O–H groups in total. The molecule has 2 aromatic carbocycles. The molecule has 2 heterocycles. The van der Waals surface area contributed by atoms with Crippen molar-refractivity contribution in [2.24, 2.45) is 5.92 Å². The molecule has 0 unspecified atom stereocenters. The summed E-state index contributed by atoms with van der Waals surface area (Å²) >= 11 is 0. The summed E-state index contributed by atoms with van der Waals surface area (Å²) < 4.78 is 13.1. The predicted molar refractivity (Wildman–Crippen MR) is 170 cm³/mol. The van der Waals surface area contributed by atoms with E-state index in [1.54, 1.807) is 24.3 Å². The molecular formula is C34H46ClFN4O4. The number of carbonyl (C=O) groups is 3. The summed E-state index contributed by atoms with van der Waals surface area (Å²) in [6.45, 7) is 4.95. The van der Waals surface area contributed by atoms with E-state index >= 15 is 0 Å². The van der Waals surface area contributed by atoms with Crippen molar-refractivity contribution in [3.63, 3.8) is 0 Å². The number of nitrogens with one attached hydrogen (secondary N) is 2. The SMILES string of the molecule is CCCCN1C(=O)[C@@H]([C@H](O)C2CCCCC2)NC(=O)C12CCN(Cc1ccc(C(=O)NCc3ccc(F)cc3)cc1)CC2.Cl. The minimum absolute atomic E-state index is 0. The molecule has 0 aromatic heterocycles. The molecule has 3 amide bonds. The normalized spacial score (nSPS) is 21.4. The van der Waals surface area contributed by atoms with Gasteiger partial charge in [-0.1, -0.05) is 56.9 Å². The number of aliphatic hydroxyl groups excluding tert-OH is 1. The van der Waals surface area contributed by atoms with Gasteiger partial charge in [0, 0.05) is 38.3 Å². The summed E-state index contributed by atoms with van der Waals surface area (Å²) in [4.78, 5) is 44.2. The van der Waals surface area contributed by atoms with Crippen LogP contribution in [0, 0.1) is 11.7 Å². The topological polar surface area (TPSA) is 102 Å². The quantitative estimate of drug-likeness (QED) is 0.358. The van der Waals surface area contributed by atoms with Gasteiger partial charge in [0.1, 0.15) is 17.4 Å². The number of piperidine rings is 1. The van der Waals surface area contributed by atoms with E-state index in [1.807, 2.05) is 17.0 Å². The first-order valence-corrected chi connectivity index (χ1v) is 15.9. The Balaban J connectivity index is 0.00000442. The summed E-state index contributed by atoms with van der Waals surface area (Å²) in [7, 11) is 0. The molecule has 10 heteroatoms. The van der Waals surface area contributed by atoms with E-state index < -0.39 is 17.7 Å². The predicted octanol–water partition coefficient (Wildman–Crippen LogP) is 4.58. The molecule has 0 radical (unpaired) electrons. The lowest BCUT2D eigenvalue weighted by Crippen LogP contribution is -2.75. The van der Waals surface area contributed by atoms with Gasteiger partial charge in [0.05, 0.1) is 6.10 Å². The highest BCUT2D eigenvalue weighted by molar-refractivity contribution is 6.00. The number of nitrogens with zero attached hydrogens (tertiary/aromatic N) is 2. The summed E-state index contributed by atoms with van der Waals surface area (Å²) in [5, 5.41) is 17.0. The summed E-state index contributed by atoms with van der Waals surface area (Å²) in [6.07, 6.45) is 7.07. The molecule has 240 valence electrons. The highest BCUT2D eigenvalue weighted by Gasteiger charge is 2.55. The number of likely N-dealkylation sites (tertiary alicyclic amines) is 1. The number of amides is 3. The third-order valence-corrected chi connectivity index (χ3v) is 9.64. The molecule has 8 nitrogen and oxygen atoms in total. The zero-order valence-electron chi connectivity index (χ0n) is 25.6. The lowest BCUT2D eigenvalue weighted by atomic mass is 9.78. The number of carbonyl (C=O) groups excluding carboxylic acids is 3. The molecule has 2 atom stereocenters. The number of benzene rings is 2. The Hall–Kier alpha value is -3.01. The third kappa shape index (κ3) is 7.61. The van der Waals surface area contributed by atoms with Crippen LogP contribution in [0.5, 0.6) is 0 Å². The summed E-state index contributed by atoms with van der Waals surface area (Å²) in [6, 6.07) is 12.7. The van der Waals surface area contributed by atoms with Crippen LogP contribution in [-0.2, 0) is 22.7 Å². The fourth-order valence-electron chi connectivity index (χ4n) is 6.94. The van der Waals surface area contributed by atoms with Gasteiger partial charge in [-0.25, -0.2) is 4.39 Å². The van der Waals surface area contributed by atoms with Gasteiger partial charge in [-0.05, 0) is 73.4 Å². The fourth-order valence-corrected chi connectivity index (χ4v) is 6.94. The molecule has 2 saturated heterocycles. The van der Waals surface area contributed by atoms with Crippen molar-refractivity contribution in [3.05, 3.63) is 71.0 Å². The van der Waals surface area contributed by atoms with E-state index in [1.165, 1.54) is 12.1 Å². The average molecular weight is 629 g/mol. The van der Waals surface area contributed by atoms with Crippen molar-refractivity contribution >= 4 is 30.1 Å². The highest BCUT2D eigenvalue weighted by Crippen LogP contribution is 2.36. The molecule has 0 bridgehead atoms. The van der Waals surface area contributed by atoms with E-state index in [0.717, 1.165) is 56.1 Å². The Kier molecular flexibility index (Phi) is 11.8. The number of halogens is 2. The number of aliphatic hydroxyl groups is 1. The Labute approximate surface area is 266 Å². The van der Waals surface area contributed by atoms with Crippen LogP contribution in [0.1, 0.15) is 86.2 Å². The van der Waals surface area contributed by atoms with E-state index in [-0.39, 0.29) is 41.9 Å². The van der Waals surface area contributed by atoms with Gasteiger partial charge in [-0.15, -0.1) is 12.4 Å². The van der Waals surface area contributed by atoms with Gasteiger partial charge in [0.25, 0.3) is 5.91 Å². The van der Waals surface area contributed by atoms with Gasteiger partial charge in [-0.2, -0.15) is 0 Å². The Morgan fingerprint density at radius 2 is 1.66 bits per heavy atom. The second-order valence-electron chi connectivity index (χ2n) is 12.5. The van der Waals surface area contributed by atoms with E-state index in [0.29, 0.717) is 51.1 Å². The lowest BCUT2D eigenvalue weighted by molar-refractivity contribution is -0.166. The standard InChI is InChI=1S/C34H45FN4O4.ClH/c1-2-3-19-39-32(42)29(30(40)26-7-5-4-6-8-26)37-33(43)34(39)17-20-38(21-18-34)23-25-9-13-27(14-10-25)31(41)36-22-24-11-15-28(35)16-12-24;/h9-16,26,29-30,40H,2-8,17-23H2,1H3,(H,36,41)(H,37,43);1H/t29-,30-;/m1./s1. The molecular weight excluding hydrogens is 583 g/mol. The molecule has 1 spiro atoms. The Bertz CT molecular complexity index is 1260. The van der Waals surface area contributed by atoms with Crippen LogP contribution in [0.2, 0.25) is 0 Å². The van der Waals surface area contributed by atoms with Gasteiger partial charge in [-0.3, -0.25) is 19.3 Å². The maximum atomic E-state index is 13.8. The summed E-state index contributed by atoms with van der Waals surface area (Å²) in [5.41, 5.74) is 1.57. The lowest BCUT2D eigenvalue weighted by Gasteiger charge is -2.52. The zero-order chi connectivity index (χ0) is 30.4. The molecule has 1 aliphatic carbocycles. The maximum Gasteiger partial charge on any atom is 0.251 e. The Morgan fingerprint density at radius 3 is 2.30 bits per heavy atom. The average Bonchev–Trinajstić information content (AvgIpc) is 3.04. The number of unbranched alkanes of at least 4 members (excludes halogenated alkanes) is 1. The second kappa shape index (κ2) is 15.3. The molecule has 2 aromatic rings. The van der Waals surface area contributed by atoms with Crippen LogP contribution in [0.4, 0.5) is 4.39 Å². The molecule has 3 fully saturated rings. The number of hydrogen-bond donors (Lipinski definition) is 3. The van der Waals surface area contributed by atoms with Crippen molar-refractivity contribution in [2.75, 3.05) is 19.6 Å². The van der Waals surface area contributed by atoms with Crippen molar-refractivity contribution in [1.29, 1.82) is 0 Å².